The first kappa shape index (κ1) is 7.61. The number of ketones is 1. The van der Waals surface area contributed by atoms with E-state index in [0.717, 1.165) is 0 Å². The zero-order valence-electron chi connectivity index (χ0n) is 4.46. The van der Waals surface area contributed by atoms with E-state index >= 15 is 0 Å². The van der Waals surface area contributed by atoms with E-state index in [1.54, 1.807) is 0 Å². The van der Waals surface area contributed by atoms with Crippen LogP contribution < -0.4 is 5.73 Å². The molecule has 0 atom stereocenters. The monoisotopic (exact) mass is 131 g/mol. The summed E-state index contributed by atoms with van der Waals surface area (Å²) in [5.74, 6) is -3.64. The first-order chi connectivity index (χ1) is 4.04. The van der Waals surface area contributed by atoms with E-state index in [1.165, 1.54) is 0 Å². The fourth-order valence-electron chi connectivity index (χ4n) is 0.224. The molecule has 0 aliphatic carbocycles. The second-order valence-corrected chi connectivity index (χ2v) is 1.36. The highest BCUT2D eigenvalue weighted by Crippen LogP contribution is 1.79. The molecule has 5 heteroatoms. The summed E-state index contributed by atoms with van der Waals surface area (Å²) in [4.78, 5) is 29.6. The van der Waals surface area contributed by atoms with Crippen molar-refractivity contribution in [2.24, 2.45) is 5.73 Å². The van der Waals surface area contributed by atoms with Gasteiger partial charge in [-0.2, -0.15) is 0 Å². The first-order valence-electron chi connectivity index (χ1n) is 2.08. The summed E-state index contributed by atoms with van der Waals surface area (Å²) in [6, 6.07) is 0. The fraction of sp³-hybridized carbons (Fsp3) is 0.250. The van der Waals surface area contributed by atoms with Crippen LogP contribution in [0.2, 0.25) is 0 Å². The second-order valence-electron chi connectivity index (χ2n) is 1.36. The SMILES string of the molecule is NC(=O)C(=O)CC(=O)O. The number of aliphatic carboxylic acids is 1. The van der Waals surface area contributed by atoms with Gasteiger partial charge >= 0.3 is 5.97 Å². The van der Waals surface area contributed by atoms with Gasteiger partial charge in [0.05, 0.1) is 0 Å². The predicted octanol–water partition coefficient (Wildman–Crippen LogP) is -1.48. The van der Waals surface area contributed by atoms with Gasteiger partial charge in [0.1, 0.15) is 6.42 Å². The van der Waals surface area contributed by atoms with E-state index in [2.05, 4.69) is 5.73 Å². The molecule has 3 N–H and O–H groups in total. The third-order valence-corrected chi connectivity index (χ3v) is 0.587. The fourth-order valence-corrected chi connectivity index (χ4v) is 0.224. The van der Waals surface area contributed by atoms with Gasteiger partial charge in [-0.25, -0.2) is 0 Å². The minimum absolute atomic E-state index is 0.824. The van der Waals surface area contributed by atoms with Gasteiger partial charge in [-0.05, 0) is 0 Å². The van der Waals surface area contributed by atoms with Gasteiger partial charge in [-0.3, -0.25) is 14.4 Å². The van der Waals surface area contributed by atoms with Gasteiger partial charge in [-0.15, -0.1) is 0 Å². The Bertz CT molecular complexity index is 162. The Kier molecular flexibility index (Phi) is 2.37. The van der Waals surface area contributed by atoms with E-state index in [4.69, 9.17) is 5.11 Å². The minimum atomic E-state index is -1.35. The van der Waals surface area contributed by atoms with Gasteiger partial charge in [0.2, 0.25) is 5.78 Å². The van der Waals surface area contributed by atoms with Gasteiger partial charge in [0.25, 0.3) is 5.91 Å². The lowest BCUT2D eigenvalue weighted by Gasteiger charge is -1.86. The highest BCUT2D eigenvalue weighted by atomic mass is 16.4. The Hall–Kier alpha value is -1.39. The summed E-state index contributed by atoms with van der Waals surface area (Å²) in [5.41, 5.74) is 4.43. The number of hydrogen-bond acceptors (Lipinski definition) is 3. The topological polar surface area (TPSA) is 97.5 Å². The molecule has 0 bridgehead atoms. The molecule has 1 amide bonds. The van der Waals surface area contributed by atoms with Crippen LogP contribution in [0.5, 0.6) is 0 Å². The Morgan fingerprint density at radius 2 is 1.78 bits per heavy atom. The van der Waals surface area contributed by atoms with E-state index in [9.17, 15) is 14.4 Å². The molecule has 5 nitrogen and oxygen atoms in total. The van der Waals surface area contributed by atoms with Crippen LogP contribution in [0.3, 0.4) is 0 Å². The molecule has 0 fully saturated rings. The second kappa shape index (κ2) is 2.81. The highest BCUT2D eigenvalue weighted by Gasteiger charge is 2.12. The van der Waals surface area contributed by atoms with Crippen molar-refractivity contribution in [3.05, 3.63) is 0 Å². The summed E-state index contributed by atoms with van der Waals surface area (Å²) in [5, 5.41) is 7.90. The van der Waals surface area contributed by atoms with Crippen molar-refractivity contribution in [3.63, 3.8) is 0 Å². The molecule has 0 aromatic carbocycles. The summed E-state index contributed by atoms with van der Waals surface area (Å²) in [6.07, 6.45) is -0.824. The number of carboxylic acids is 1. The number of hydrogen-bond donors (Lipinski definition) is 2. The lowest BCUT2D eigenvalue weighted by Crippen LogP contribution is -2.25. The highest BCUT2D eigenvalue weighted by molar-refractivity contribution is 6.38. The van der Waals surface area contributed by atoms with E-state index in [-0.39, 0.29) is 0 Å². The van der Waals surface area contributed by atoms with Crippen LogP contribution in [0, 0.1) is 0 Å². The number of carboxylic acid groups (broad SMARTS) is 1. The molecule has 0 rings (SSSR count). The first-order valence-corrected chi connectivity index (χ1v) is 2.08. The quantitative estimate of drug-likeness (QED) is 0.360. The summed E-state index contributed by atoms with van der Waals surface area (Å²) in [6.45, 7) is 0. The van der Waals surface area contributed by atoms with Crippen LogP contribution in [-0.2, 0) is 14.4 Å². The van der Waals surface area contributed by atoms with Crippen molar-refractivity contribution >= 4 is 17.7 Å². The van der Waals surface area contributed by atoms with Crippen LogP contribution in [-0.4, -0.2) is 22.8 Å². The van der Waals surface area contributed by atoms with Crippen LogP contribution in [0.1, 0.15) is 6.42 Å². The molecule has 0 saturated carbocycles. The molecule has 0 heterocycles. The molecule has 0 aromatic heterocycles. The number of carbonyl (C=O) groups is 3. The molecule has 0 saturated heterocycles. The van der Waals surface area contributed by atoms with E-state index in [1.807, 2.05) is 0 Å². The average molecular weight is 131 g/mol. The van der Waals surface area contributed by atoms with Crippen molar-refractivity contribution in [1.29, 1.82) is 0 Å². The molecule has 9 heavy (non-hydrogen) atoms. The molecule has 0 aliphatic rings. The Morgan fingerprint density at radius 1 is 1.33 bits per heavy atom. The number of carbonyl (C=O) groups excluding carboxylic acids is 2. The van der Waals surface area contributed by atoms with Crippen LogP contribution >= 0.6 is 0 Å². The standard InChI is InChI=1S/C4H5NO4/c5-4(9)2(6)1-3(7)8/h1H2,(H2,5,9)(H,7,8). The van der Waals surface area contributed by atoms with Gasteiger partial charge in [-0.1, -0.05) is 0 Å². The summed E-state index contributed by atoms with van der Waals surface area (Å²) >= 11 is 0. The molecule has 0 radical (unpaired) electrons. The zero-order chi connectivity index (χ0) is 7.44. The van der Waals surface area contributed by atoms with Crippen molar-refractivity contribution in [2.75, 3.05) is 0 Å². The van der Waals surface area contributed by atoms with Gasteiger partial charge < -0.3 is 10.8 Å². The molecule has 0 aliphatic heterocycles. The van der Waals surface area contributed by atoms with Crippen molar-refractivity contribution in [3.8, 4) is 0 Å². The van der Waals surface area contributed by atoms with Gasteiger partial charge in [0.15, 0.2) is 0 Å². The Morgan fingerprint density at radius 3 is 1.89 bits per heavy atom. The van der Waals surface area contributed by atoms with Crippen molar-refractivity contribution in [1.82, 2.24) is 0 Å². The molecule has 0 aromatic rings. The third kappa shape index (κ3) is 3.22. The number of amides is 1. The lowest BCUT2D eigenvalue weighted by molar-refractivity contribution is -0.144. The van der Waals surface area contributed by atoms with Crippen LogP contribution in [0.25, 0.3) is 0 Å². The normalized spacial score (nSPS) is 8.44. The summed E-state index contributed by atoms with van der Waals surface area (Å²) < 4.78 is 0. The number of rotatable bonds is 3. The maximum atomic E-state index is 10.1. The van der Waals surface area contributed by atoms with E-state index < -0.39 is 24.1 Å². The maximum Gasteiger partial charge on any atom is 0.311 e. The van der Waals surface area contributed by atoms with Crippen LogP contribution in [0.15, 0.2) is 0 Å². The summed E-state index contributed by atoms with van der Waals surface area (Å²) in [7, 11) is 0. The zero-order valence-corrected chi connectivity index (χ0v) is 4.46. The third-order valence-electron chi connectivity index (χ3n) is 0.587. The Balaban J connectivity index is 3.79. The number of nitrogens with two attached hydrogens (primary N) is 1. The molecular weight excluding hydrogens is 126 g/mol. The number of Topliss-reactive ketones (excluding diaryl/α,β-unsaturated/α-hetero) is 1. The molecule has 0 unspecified atom stereocenters. The Labute approximate surface area is 50.5 Å². The predicted molar refractivity (Wildman–Crippen MR) is 26.5 cm³/mol. The van der Waals surface area contributed by atoms with Crippen molar-refractivity contribution in [2.45, 2.75) is 6.42 Å². The average Bonchev–Trinajstić information content (AvgIpc) is 1.63. The minimum Gasteiger partial charge on any atom is -0.481 e. The molecule has 50 valence electrons. The van der Waals surface area contributed by atoms with Crippen molar-refractivity contribution < 1.29 is 19.5 Å². The van der Waals surface area contributed by atoms with Gasteiger partial charge in [0, 0.05) is 0 Å². The largest absolute Gasteiger partial charge is 0.481 e. The molecule has 0 spiro atoms. The van der Waals surface area contributed by atoms with Crippen LogP contribution in [0.4, 0.5) is 0 Å². The molecular formula is C4H5NO4. The number of primary amides is 1. The smallest absolute Gasteiger partial charge is 0.311 e. The lowest BCUT2D eigenvalue weighted by atomic mass is 10.3. The van der Waals surface area contributed by atoms with E-state index in [0.29, 0.717) is 0 Å². The maximum absolute atomic E-state index is 10.1.